The summed E-state index contributed by atoms with van der Waals surface area (Å²) in [5.74, 6) is 0.702. The topological polar surface area (TPSA) is 50.8 Å². The third-order valence-corrected chi connectivity index (χ3v) is 10.2. The summed E-state index contributed by atoms with van der Waals surface area (Å²) >= 11 is 0. The third-order valence-electron chi connectivity index (χ3n) is 7.06. The first-order chi connectivity index (χ1) is 18.3. The second-order valence-electron chi connectivity index (χ2n) is 9.55. The fourth-order valence-corrected chi connectivity index (χ4v) is 7.62. The fraction of sp³-hybridized carbons (Fsp3) is 0.345. The average Bonchev–Trinajstić information content (AvgIpc) is 2.88. The maximum atomic E-state index is 14.4. The Balaban J connectivity index is 1.44. The maximum absolute atomic E-state index is 14.4. The largest absolute Gasteiger partial charge is 0.497 e. The number of hydrogen-bond acceptors (Lipinski definition) is 5. The van der Waals surface area contributed by atoms with Gasteiger partial charge in [-0.15, -0.1) is 0 Å². The Morgan fingerprint density at radius 2 is 1.50 bits per heavy atom. The van der Waals surface area contributed by atoms with Crippen LogP contribution >= 0.6 is 0 Å². The highest BCUT2D eigenvalue weighted by Gasteiger charge is 2.35. The molecule has 5 nitrogen and oxygen atoms in total. The lowest BCUT2D eigenvalue weighted by Gasteiger charge is -2.27. The summed E-state index contributed by atoms with van der Waals surface area (Å²) in [6.07, 6.45) is -1.98. The van der Waals surface area contributed by atoms with E-state index in [9.17, 15) is 17.4 Å². The lowest BCUT2D eigenvalue weighted by atomic mass is 10.0. The summed E-state index contributed by atoms with van der Waals surface area (Å²) in [5, 5.41) is 3.28. The van der Waals surface area contributed by atoms with Gasteiger partial charge in [0.15, 0.2) is 0 Å². The quantitative estimate of drug-likeness (QED) is 0.372. The van der Waals surface area contributed by atoms with Crippen LogP contribution in [0.25, 0.3) is 0 Å². The number of benzene rings is 3. The molecule has 1 aliphatic carbocycles. The molecule has 2 fully saturated rings. The minimum absolute atomic E-state index is 0.234. The molecule has 1 saturated heterocycles. The van der Waals surface area contributed by atoms with E-state index in [2.05, 4.69) is 10.2 Å². The number of hydrogen-bond donors (Lipinski definition) is 1. The highest BCUT2D eigenvalue weighted by molar-refractivity contribution is 8.02. The Morgan fingerprint density at radius 1 is 0.895 bits per heavy atom. The van der Waals surface area contributed by atoms with Crippen molar-refractivity contribution in [2.75, 3.05) is 33.3 Å². The lowest BCUT2D eigenvalue weighted by Crippen LogP contribution is -2.42. The number of alkyl halides is 3. The number of rotatable bonds is 7. The zero-order valence-electron chi connectivity index (χ0n) is 21.2. The Hall–Kier alpha value is -3.01. The molecule has 3 aromatic rings. The SMILES string of the molecule is COc1ccc(S(=O)(=C2CCC2)c2ccc(Oc3cc(CN4CCNCC4)ccc3C(F)(F)F)cc2)cc1. The molecule has 0 radical (unpaired) electrons. The first-order valence-electron chi connectivity index (χ1n) is 12.7. The molecule has 202 valence electrons. The predicted octanol–water partition coefficient (Wildman–Crippen LogP) is 5.97. The number of ether oxygens (including phenoxy) is 2. The molecular weight excluding hydrogens is 513 g/mol. The van der Waals surface area contributed by atoms with Gasteiger partial charge in [-0.2, -0.15) is 13.2 Å². The van der Waals surface area contributed by atoms with Crippen molar-refractivity contribution < 1.29 is 26.9 Å². The Kier molecular flexibility index (Phi) is 7.70. The number of nitrogens with zero attached hydrogens (tertiary/aromatic N) is 1. The van der Waals surface area contributed by atoms with Gasteiger partial charge in [-0.25, -0.2) is 0 Å². The van der Waals surface area contributed by atoms with E-state index < -0.39 is 21.3 Å². The number of methoxy groups -OCH3 is 1. The van der Waals surface area contributed by atoms with E-state index in [4.69, 9.17) is 9.47 Å². The highest BCUT2D eigenvalue weighted by Crippen LogP contribution is 2.39. The molecule has 9 heteroatoms. The van der Waals surface area contributed by atoms with Gasteiger partial charge in [0.2, 0.25) is 0 Å². The first-order valence-corrected chi connectivity index (χ1v) is 14.3. The molecule has 1 saturated carbocycles. The molecule has 1 aliphatic heterocycles. The van der Waals surface area contributed by atoms with Gasteiger partial charge in [-0.05, 0) is 90.4 Å². The first kappa shape index (κ1) is 26.6. The zero-order valence-corrected chi connectivity index (χ0v) is 22.0. The van der Waals surface area contributed by atoms with Gasteiger partial charge in [-0.3, -0.25) is 9.11 Å². The van der Waals surface area contributed by atoms with E-state index >= 15 is 0 Å². The molecule has 5 rings (SSSR count). The van der Waals surface area contributed by atoms with E-state index in [0.29, 0.717) is 22.1 Å². The van der Waals surface area contributed by atoms with E-state index in [0.717, 1.165) is 61.9 Å². The lowest BCUT2D eigenvalue weighted by molar-refractivity contribution is -0.138. The molecule has 38 heavy (non-hydrogen) atoms. The number of halogens is 3. The molecule has 1 unspecified atom stereocenters. The third kappa shape index (κ3) is 5.55. The normalized spacial score (nSPS) is 17.9. The van der Waals surface area contributed by atoms with Crippen LogP contribution in [-0.4, -0.2) is 47.3 Å². The van der Waals surface area contributed by atoms with Crippen molar-refractivity contribution in [1.82, 2.24) is 10.2 Å². The molecular formula is C29H31F3N2O3S. The second kappa shape index (κ2) is 11.0. The van der Waals surface area contributed by atoms with E-state index in [1.807, 2.05) is 12.1 Å². The smallest absolute Gasteiger partial charge is 0.419 e. The van der Waals surface area contributed by atoms with Gasteiger partial charge in [-0.1, -0.05) is 6.07 Å². The van der Waals surface area contributed by atoms with Crippen molar-refractivity contribution in [1.29, 1.82) is 0 Å². The monoisotopic (exact) mass is 544 g/mol. The van der Waals surface area contributed by atoms with E-state index in [1.54, 1.807) is 43.5 Å². The van der Waals surface area contributed by atoms with Crippen molar-refractivity contribution >= 4 is 14.4 Å². The Morgan fingerprint density at radius 3 is 2.03 bits per heavy atom. The molecule has 0 aromatic heterocycles. The van der Waals surface area contributed by atoms with Crippen LogP contribution in [0.3, 0.4) is 0 Å². The molecule has 0 spiro atoms. The summed E-state index contributed by atoms with van der Waals surface area (Å²) in [7, 11) is -1.06. The van der Waals surface area contributed by atoms with Crippen LogP contribution in [0.2, 0.25) is 0 Å². The molecule has 2 aliphatic rings. The highest BCUT2D eigenvalue weighted by atomic mass is 32.2. The minimum Gasteiger partial charge on any atom is -0.497 e. The van der Waals surface area contributed by atoms with Crippen molar-refractivity contribution in [3.8, 4) is 17.2 Å². The van der Waals surface area contributed by atoms with Crippen LogP contribution in [0, 0.1) is 0 Å². The fourth-order valence-electron chi connectivity index (χ4n) is 4.78. The van der Waals surface area contributed by atoms with Gasteiger partial charge in [0, 0.05) is 52.0 Å². The molecule has 1 N–H and O–H groups in total. The van der Waals surface area contributed by atoms with Crippen molar-refractivity contribution in [2.24, 2.45) is 0 Å². The van der Waals surface area contributed by atoms with Gasteiger partial charge in [0.25, 0.3) is 0 Å². The van der Waals surface area contributed by atoms with Crippen molar-refractivity contribution in [3.05, 3.63) is 77.9 Å². The Bertz CT molecular complexity index is 1380. The summed E-state index contributed by atoms with van der Waals surface area (Å²) in [6, 6.07) is 17.9. The Labute approximate surface area is 221 Å². The summed E-state index contributed by atoms with van der Waals surface area (Å²) in [5.41, 5.74) is -0.0619. The van der Waals surface area contributed by atoms with Crippen molar-refractivity contribution in [2.45, 2.75) is 41.8 Å². The summed E-state index contributed by atoms with van der Waals surface area (Å²) in [4.78, 5) is 4.50. The van der Waals surface area contributed by atoms with Crippen LogP contribution in [0.15, 0.2) is 76.5 Å². The standard InChI is InChI=1S/C29H31F3N2O3S/c1-36-22-6-10-25(11-7-22)38(35,24-3-2-4-24)26-12-8-23(9-13-26)37-28-19-21(5-14-27(28)29(30,31)32)20-34-17-15-33-16-18-34/h5-14,19,33H,2-4,15-18,20H2,1H3. The van der Waals surface area contributed by atoms with Crippen LogP contribution in [0.5, 0.6) is 17.2 Å². The van der Waals surface area contributed by atoms with E-state index in [-0.39, 0.29) is 11.5 Å². The molecule has 1 atom stereocenters. The number of nitrogens with one attached hydrogen (secondary N) is 1. The van der Waals surface area contributed by atoms with Crippen LogP contribution in [-0.2, 0) is 22.2 Å². The van der Waals surface area contributed by atoms with Crippen LogP contribution in [0.1, 0.15) is 30.4 Å². The van der Waals surface area contributed by atoms with Crippen LogP contribution in [0.4, 0.5) is 13.2 Å². The van der Waals surface area contributed by atoms with Crippen molar-refractivity contribution in [3.63, 3.8) is 0 Å². The molecule has 0 bridgehead atoms. The maximum Gasteiger partial charge on any atom is 0.419 e. The molecule has 1 heterocycles. The van der Waals surface area contributed by atoms with Crippen LogP contribution < -0.4 is 14.8 Å². The van der Waals surface area contributed by atoms with Gasteiger partial charge in [0.05, 0.1) is 12.7 Å². The second-order valence-corrected chi connectivity index (χ2v) is 12.2. The van der Waals surface area contributed by atoms with Gasteiger partial charge < -0.3 is 14.8 Å². The number of piperazine rings is 1. The zero-order chi connectivity index (χ0) is 26.8. The van der Waals surface area contributed by atoms with Gasteiger partial charge >= 0.3 is 6.18 Å². The molecule has 0 amide bonds. The predicted molar refractivity (Wildman–Crippen MR) is 143 cm³/mol. The minimum atomic E-state index is -4.55. The van der Waals surface area contributed by atoms with Gasteiger partial charge in [0.1, 0.15) is 17.2 Å². The molecule has 3 aromatic carbocycles. The average molecular weight is 545 g/mol. The van der Waals surface area contributed by atoms with E-state index in [1.165, 1.54) is 12.1 Å². The summed E-state index contributed by atoms with van der Waals surface area (Å²) < 4.78 is 66.8. The summed E-state index contributed by atoms with van der Waals surface area (Å²) in [6.45, 7) is 3.94.